The van der Waals surface area contributed by atoms with Crippen LogP contribution in [-0.4, -0.2) is 62.6 Å². The number of fused-ring (bicyclic) bond motifs is 3. The van der Waals surface area contributed by atoms with Crippen LogP contribution in [0.15, 0.2) is 91.8 Å². The van der Waals surface area contributed by atoms with Crippen LogP contribution in [0.2, 0.25) is 5.02 Å². The number of ether oxygens (including phenoxy) is 1. The zero-order valence-electron chi connectivity index (χ0n) is 25.6. The number of nitrogens with zero attached hydrogens (tertiary/aromatic N) is 3. The number of anilines is 3. The van der Waals surface area contributed by atoms with Gasteiger partial charge in [0.05, 0.1) is 30.3 Å². The van der Waals surface area contributed by atoms with E-state index in [9.17, 15) is 4.39 Å². The van der Waals surface area contributed by atoms with E-state index in [1.54, 1.807) is 13.2 Å². The van der Waals surface area contributed by atoms with Gasteiger partial charge in [0.15, 0.2) is 0 Å². The fourth-order valence-corrected chi connectivity index (χ4v) is 5.04. The maximum Gasteiger partial charge on any atom is 0.146 e. The highest BCUT2D eigenvalue weighted by Gasteiger charge is 2.16. The molecular formula is C34H42ClFN6O. The van der Waals surface area contributed by atoms with Crippen LogP contribution < -0.4 is 20.7 Å². The van der Waals surface area contributed by atoms with Crippen LogP contribution in [0.3, 0.4) is 0 Å². The molecule has 0 saturated carbocycles. The predicted molar refractivity (Wildman–Crippen MR) is 178 cm³/mol. The summed E-state index contributed by atoms with van der Waals surface area (Å²) < 4.78 is 18.6. The minimum atomic E-state index is -0.209. The highest BCUT2D eigenvalue weighted by molar-refractivity contribution is 6.30. The van der Waals surface area contributed by atoms with Crippen molar-refractivity contribution < 1.29 is 9.13 Å². The number of benzene rings is 3. The molecule has 3 aromatic carbocycles. The number of halogens is 2. The smallest absolute Gasteiger partial charge is 0.146 e. The Morgan fingerprint density at radius 3 is 1.79 bits per heavy atom. The van der Waals surface area contributed by atoms with Gasteiger partial charge < -0.3 is 35.4 Å². The standard InChI is InChI=1S/C12H16N2O.C11H13ClN2.C11H13FN2/c1-9-13-12-5-4-11(15-3)8-10(12)6-7-14(9)2;1-8-13-11-4-3-10(12)7-9(11)5-6-14(8)2;1-8-13-11-9(6-7-14(8)2)4-3-5-10(11)12/h4-5,8,13H,1,6-7H2,2-3H3;3-4,7,13H,1,5-6H2,2H3;3-5,13H,1,6-7H2,2H3. The van der Waals surface area contributed by atoms with Gasteiger partial charge in [-0.25, -0.2) is 4.39 Å². The van der Waals surface area contributed by atoms with Crippen molar-refractivity contribution in [3.63, 3.8) is 0 Å². The van der Waals surface area contributed by atoms with Crippen molar-refractivity contribution in [2.45, 2.75) is 19.3 Å². The van der Waals surface area contributed by atoms with Gasteiger partial charge in [0.2, 0.25) is 0 Å². The van der Waals surface area contributed by atoms with Gasteiger partial charge in [-0.05, 0) is 78.4 Å². The molecule has 0 unspecified atom stereocenters. The molecule has 0 bridgehead atoms. The molecule has 6 rings (SSSR count). The zero-order valence-corrected chi connectivity index (χ0v) is 26.3. The summed E-state index contributed by atoms with van der Waals surface area (Å²) in [5.41, 5.74) is 6.36. The lowest BCUT2D eigenvalue weighted by Gasteiger charge is -2.18. The molecule has 3 aliphatic rings. The third-order valence-electron chi connectivity index (χ3n) is 7.84. The van der Waals surface area contributed by atoms with Crippen molar-refractivity contribution in [1.29, 1.82) is 0 Å². The Hall–Kier alpha value is -4.30. The van der Waals surface area contributed by atoms with Crippen molar-refractivity contribution in [2.75, 3.05) is 63.8 Å². The quantitative estimate of drug-likeness (QED) is 0.277. The van der Waals surface area contributed by atoms with Crippen molar-refractivity contribution in [1.82, 2.24) is 14.7 Å². The maximum absolute atomic E-state index is 13.4. The lowest BCUT2D eigenvalue weighted by atomic mass is 10.1. The summed E-state index contributed by atoms with van der Waals surface area (Å²) in [6.45, 7) is 14.6. The van der Waals surface area contributed by atoms with Crippen LogP contribution in [0.1, 0.15) is 16.7 Å². The Bertz CT molecular complexity index is 1490. The number of methoxy groups -OCH3 is 1. The molecule has 0 saturated heterocycles. The summed E-state index contributed by atoms with van der Waals surface area (Å²) >= 11 is 5.94. The first-order valence-electron chi connectivity index (χ1n) is 14.3. The van der Waals surface area contributed by atoms with E-state index in [2.05, 4.69) is 51.6 Å². The monoisotopic (exact) mass is 604 g/mol. The molecule has 0 spiro atoms. The Kier molecular flexibility index (Phi) is 10.5. The van der Waals surface area contributed by atoms with E-state index in [0.29, 0.717) is 5.69 Å². The van der Waals surface area contributed by atoms with Gasteiger partial charge in [-0.1, -0.05) is 43.5 Å². The second-order valence-electron chi connectivity index (χ2n) is 10.8. The fraction of sp³-hybridized carbons (Fsp3) is 0.294. The van der Waals surface area contributed by atoms with E-state index in [4.69, 9.17) is 16.3 Å². The second-order valence-corrected chi connectivity index (χ2v) is 11.3. The third kappa shape index (κ3) is 8.17. The van der Waals surface area contributed by atoms with Gasteiger partial charge in [-0.3, -0.25) is 0 Å². The summed E-state index contributed by atoms with van der Waals surface area (Å²) in [5, 5.41) is 10.4. The normalized spacial score (nSPS) is 15.7. The first-order valence-corrected chi connectivity index (χ1v) is 14.7. The summed E-state index contributed by atoms with van der Waals surface area (Å²) in [6, 6.07) is 17.1. The molecule has 3 N–H and O–H groups in total. The summed E-state index contributed by atoms with van der Waals surface area (Å²) in [6.07, 6.45) is 2.85. The topological polar surface area (TPSA) is 55.0 Å². The van der Waals surface area contributed by atoms with Crippen LogP contribution in [0.4, 0.5) is 21.5 Å². The second kappa shape index (κ2) is 14.2. The Balaban J connectivity index is 0.000000148. The number of hydrogen-bond acceptors (Lipinski definition) is 7. The van der Waals surface area contributed by atoms with Gasteiger partial charge in [-0.2, -0.15) is 0 Å². The maximum atomic E-state index is 13.4. The molecule has 0 radical (unpaired) electrons. The lowest BCUT2D eigenvalue weighted by Crippen LogP contribution is -2.21. The molecule has 228 valence electrons. The van der Waals surface area contributed by atoms with E-state index >= 15 is 0 Å². The van der Waals surface area contributed by atoms with Gasteiger partial charge in [0.25, 0.3) is 0 Å². The molecule has 0 fully saturated rings. The van der Waals surface area contributed by atoms with E-state index in [1.165, 1.54) is 17.2 Å². The summed E-state index contributed by atoms with van der Waals surface area (Å²) in [4.78, 5) is 6.21. The average molecular weight is 605 g/mol. The molecule has 0 aliphatic carbocycles. The molecule has 0 aromatic heterocycles. The van der Waals surface area contributed by atoms with Crippen LogP contribution in [0, 0.1) is 5.82 Å². The van der Waals surface area contributed by atoms with Crippen molar-refractivity contribution in [3.05, 3.63) is 119 Å². The minimum Gasteiger partial charge on any atom is -0.497 e. The van der Waals surface area contributed by atoms with Crippen LogP contribution in [0.25, 0.3) is 0 Å². The zero-order chi connectivity index (χ0) is 31.1. The Labute approximate surface area is 260 Å². The van der Waals surface area contributed by atoms with E-state index in [1.807, 2.05) is 62.4 Å². The van der Waals surface area contributed by atoms with Gasteiger partial charge in [0.1, 0.15) is 11.6 Å². The van der Waals surface area contributed by atoms with E-state index in [-0.39, 0.29) is 5.82 Å². The molecule has 43 heavy (non-hydrogen) atoms. The predicted octanol–water partition coefficient (Wildman–Crippen LogP) is 6.97. The molecule has 0 amide bonds. The number of para-hydroxylation sites is 1. The SMILES string of the molecule is C=C1Nc2c(F)cccc2CCN1C.C=C1Nc2ccc(Cl)cc2CCN1C.C=C1Nc2ccc(OC)cc2CCN1C. The van der Waals surface area contributed by atoms with Crippen molar-refractivity contribution >= 4 is 28.7 Å². The van der Waals surface area contributed by atoms with Crippen LogP contribution in [-0.2, 0) is 19.3 Å². The summed E-state index contributed by atoms with van der Waals surface area (Å²) in [7, 11) is 7.71. The molecule has 3 heterocycles. The van der Waals surface area contributed by atoms with Gasteiger partial charge in [-0.15, -0.1) is 0 Å². The Morgan fingerprint density at radius 1 is 0.698 bits per heavy atom. The van der Waals surface area contributed by atoms with Crippen molar-refractivity contribution in [3.8, 4) is 5.75 Å². The fourth-order valence-electron chi connectivity index (χ4n) is 4.84. The molecule has 3 aliphatic heterocycles. The molecule has 3 aromatic rings. The van der Waals surface area contributed by atoms with E-state index < -0.39 is 0 Å². The molecule has 0 atom stereocenters. The first kappa shape index (κ1) is 31.6. The largest absolute Gasteiger partial charge is 0.497 e. The number of nitrogens with one attached hydrogen (secondary N) is 3. The van der Waals surface area contributed by atoms with Gasteiger partial charge >= 0.3 is 0 Å². The highest BCUT2D eigenvalue weighted by atomic mass is 35.5. The van der Waals surface area contributed by atoms with E-state index in [0.717, 1.165) is 84.1 Å². The number of rotatable bonds is 1. The number of likely N-dealkylation sites (N-methyl/N-ethyl adjacent to an activating group) is 3. The van der Waals surface area contributed by atoms with Gasteiger partial charge in [0, 0.05) is 57.2 Å². The third-order valence-corrected chi connectivity index (χ3v) is 8.07. The first-order chi connectivity index (χ1) is 20.5. The molecule has 9 heteroatoms. The Morgan fingerprint density at radius 2 is 1.21 bits per heavy atom. The average Bonchev–Trinajstić information content (AvgIpc) is 3.31. The minimum absolute atomic E-state index is 0.209. The van der Waals surface area contributed by atoms with Crippen LogP contribution in [0.5, 0.6) is 5.75 Å². The lowest BCUT2D eigenvalue weighted by molar-refractivity contribution is 0.413. The molecule has 7 nitrogen and oxygen atoms in total. The molecular weight excluding hydrogens is 563 g/mol. The highest BCUT2D eigenvalue weighted by Crippen LogP contribution is 2.28. The number of hydrogen-bond donors (Lipinski definition) is 3. The summed E-state index contributed by atoms with van der Waals surface area (Å²) in [5.74, 6) is 3.32. The van der Waals surface area contributed by atoms with Crippen molar-refractivity contribution in [2.24, 2.45) is 0 Å². The van der Waals surface area contributed by atoms with Crippen LogP contribution >= 0.6 is 11.6 Å².